The molecule has 0 aliphatic heterocycles. The Morgan fingerprint density at radius 1 is 1.10 bits per heavy atom. The van der Waals surface area contributed by atoms with Gasteiger partial charge in [0.1, 0.15) is 6.33 Å². The number of fused-ring (bicyclic) bond motifs is 1. The molecule has 3 rings (SSSR count). The lowest BCUT2D eigenvalue weighted by molar-refractivity contribution is -0.154. The number of ether oxygens (including phenoxy) is 2. The first-order chi connectivity index (χ1) is 14.5. The molecule has 30 heavy (non-hydrogen) atoms. The van der Waals surface area contributed by atoms with Gasteiger partial charge in [0.05, 0.1) is 19.7 Å². The molecule has 1 aliphatic carbocycles. The summed E-state index contributed by atoms with van der Waals surface area (Å²) in [6.45, 7) is 0. The maximum atomic E-state index is 12.5. The monoisotopic (exact) mass is 412 g/mol. The normalized spacial score (nSPS) is 14.8. The van der Waals surface area contributed by atoms with Crippen LogP contribution < -0.4 is 5.32 Å². The van der Waals surface area contributed by atoms with Crippen LogP contribution in [0.25, 0.3) is 10.9 Å². The van der Waals surface area contributed by atoms with E-state index in [0.29, 0.717) is 16.6 Å². The predicted molar refractivity (Wildman–Crippen MR) is 110 cm³/mol. The maximum Gasteiger partial charge on any atom is 0.325 e. The summed E-state index contributed by atoms with van der Waals surface area (Å²) in [5.74, 6) is -2.59. The van der Waals surface area contributed by atoms with E-state index < -0.39 is 17.9 Å². The average molecular weight is 412 g/mol. The van der Waals surface area contributed by atoms with Gasteiger partial charge in [-0.15, -0.1) is 0 Å². The van der Waals surface area contributed by atoms with Gasteiger partial charge in [0.15, 0.2) is 11.7 Å². The highest BCUT2D eigenvalue weighted by molar-refractivity contribution is 6.10. The van der Waals surface area contributed by atoms with Gasteiger partial charge in [0.25, 0.3) is 0 Å². The molecule has 2 aromatic rings. The number of esters is 2. The van der Waals surface area contributed by atoms with Crippen molar-refractivity contribution in [1.29, 1.82) is 0 Å². The second-order valence-corrected chi connectivity index (χ2v) is 7.06. The second-order valence-electron chi connectivity index (χ2n) is 7.06. The zero-order valence-electron chi connectivity index (χ0n) is 17.0. The number of aromatic nitrogens is 2. The zero-order valence-corrected chi connectivity index (χ0v) is 17.0. The smallest absolute Gasteiger partial charge is 0.325 e. The van der Waals surface area contributed by atoms with Gasteiger partial charge < -0.3 is 14.8 Å². The number of rotatable bonds is 6. The summed E-state index contributed by atoms with van der Waals surface area (Å²) in [4.78, 5) is 48.7. The highest BCUT2D eigenvalue weighted by atomic mass is 16.5. The molecule has 0 bridgehead atoms. The Kier molecular flexibility index (Phi) is 7.05. The van der Waals surface area contributed by atoms with Crippen LogP contribution in [0.15, 0.2) is 29.5 Å². The van der Waals surface area contributed by atoms with Gasteiger partial charge in [0, 0.05) is 23.2 Å². The first-order valence-corrected chi connectivity index (χ1v) is 9.79. The minimum atomic E-state index is -1.31. The summed E-state index contributed by atoms with van der Waals surface area (Å²) < 4.78 is 9.24. The van der Waals surface area contributed by atoms with Crippen molar-refractivity contribution in [2.75, 3.05) is 19.5 Å². The molecule has 1 amide bonds. The largest absolute Gasteiger partial charge is 0.468 e. The number of aliphatic imine (C=N–C) groups is 1. The van der Waals surface area contributed by atoms with Crippen molar-refractivity contribution in [2.24, 2.45) is 16.8 Å². The molecule has 1 heterocycles. The van der Waals surface area contributed by atoms with E-state index in [4.69, 9.17) is 0 Å². The van der Waals surface area contributed by atoms with Gasteiger partial charge in [-0.1, -0.05) is 19.3 Å². The number of methoxy groups -OCH3 is 2. The van der Waals surface area contributed by atoms with Crippen molar-refractivity contribution < 1.29 is 23.9 Å². The number of amides is 1. The predicted octanol–water partition coefficient (Wildman–Crippen LogP) is 2.81. The Morgan fingerprint density at radius 2 is 1.80 bits per heavy atom. The van der Waals surface area contributed by atoms with Crippen LogP contribution in [0.5, 0.6) is 0 Å². The molecule has 9 heteroatoms. The molecule has 0 spiro atoms. The molecule has 0 unspecified atom stereocenters. The number of nitrogens with one attached hydrogen (secondary N) is 1. The van der Waals surface area contributed by atoms with Crippen molar-refractivity contribution in [2.45, 2.75) is 32.1 Å². The van der Waals surface area contributed by atoms with Crippen LogP contribution in [0, 0.1) is 11.8 Å². The van der Waals surface area contributed by atoms with E-state index in [1.807, 2.05) is 0 Å². The summed E-state index contributed by atoms with van der Waals surface area (Å²) in [5.41, 5.74) is 1.22. The highest BCUT2D eigenvalue weighted by Gasteiger charge is 2.27. The van der Waals surface area contributed by atoms with Crippen LogP contribution in [-0.2, 0) is 23.9 Å². The third-order valence-corrected chi connectivity index (χ3v) is 5.11. The Balaban J connectivity index is 1.86. The number of carbonyl (C=O) groups is 3. The summed E-state index contributed by atoms with van der Waals surface area (Å²) in [5, 5.41) is 3.53. The fraction of sp³-hybridized carbons (Fsp3) is 0.429. The van der Waals surface area contributed by atoms with Crippen molar-refractivity contribution in [1.82, 2.24) is 9.97 Å². The molecular formula is C21H24N4O5. The van der Waals surface area contributed by atoms with Crippen molar-refractivity contribution in [3.05, 3.63) is 24.5 Å². The van der Waals surface area contributed by atoms with Crippen LogP contribution in [0.2, 0.25) is 0 Å². The number of nitrogens with zero attached hydrogens (tertiary/aromatic N) is 3. The fourth-order valence-corrected chi connectivity index (χ4v) is 3.45. The quantitative estimate of drug-likeness (QED) is 0.440. The molecule has 0 radical (unpaired) electrons. The molecule has 1 aromatic carbocycles. The van der Waals surface area contributed by atoms with Gasteiger partial charge in [-0.25, -0.2) is 15.0 Å². The minimum absolute atomic E-state index is 0.00685. The van der Waals surface area contributed by atoms with E-state index in [2.05, 4.69) is 29.8 Å². The standard InChI is InChI=1S/C21H24N4O5/c1-29-20(27)16(21(28)30-2)11-22-18-15-10-14(8-9-17(15)23-12-24-18)25-19(26)13-6-4-3-5-7-13/h8-13,16H,3-7H2,1-2H3,(H,25,26). The fourth-order valence-electron chi connectivity index (χ4n) is 3.45. The molecule has 0 saturated heterocycles. The van der Waals surface area contributed by atoms with Crippen LogP contribution in [0.1, 0.15) is 32.1 Å². The van der Waals surface area contributed by atoms with Gasteiger partial charge in [-0.05, 0) is 31.0 Å². The first-order valence-electron chi connectivity index (χ1n) is 9.79. The molecule has 158 valence electrons. The van der Waals surface area contributed by atoms with E-state index in [9.17, 15) is 14.4 Å². The summed E-state index contributed by atoms with van der Waals surface area (Å²) in [6, 6.07) is 5.26. The van der Waals surface area contributed by atoms with Gasteiger partial charge >= 0.3 is 11.9 Å². The highest BCUT2D eigenvalue weighted by Crippen LogP contribution is 2.28. The van der Waals surface area contributed by atoms with Crippen molar-refractivity contribution in [3.63, 3.8) is 0 Å². The molecule has 1 N–H and O–H groups in total. The van der Waals surface area contributed by atoms with Crippen LogP contribution in [0.3, 0.4) is 0 Å². The molecular weight excluding hydrogens is 388 g/mol. The number of anilines is 1. The Hall–Kier alpha value is -3.36. The minimum Gasteiger partial charge on any atom is -0.468 e. The number of carbonyl (C=O) groups excluding carboxylic acids is 3. The Bertz CT molecular complexity index is 953. The molecule has 1 aliphatic rings. The zero-order chi connectivity index (χ0) is 21.5. The van der Waals surface area contributed by atoms with Gasteiger partial charge in [0.2, 0.25) is 5.91 Å². The van der Waals surface area contributed by atoms with Crippen LogP contribution in [0.4, 0.5) is 11.5 Å². The second kappa shape index (κ2) is 9.91. The van der Waals surface area contributed by atoms with Crippen LogP contribution in [-0.4, -0.2) is 48.2 Å². The SMILES string of the molecule is COC(=O)C(C=Nc1ncnc2ccc(NC(=O)C3CCCCC3)cc12)C(=O)OC. The van der Waals surface area contributed by atoms with Gasteiger partial charge in [-0.3, -0.25) is 14.4 Å². The van der Waals surface area contributed by atoms with Crippen molar-refractivity contribution >= 4 is 46.5 Å². The maximum absolute atomic E-state index is 12.5. The van der Waals surface area contributed by atoms with E-state index in [-0.39, 0.29) is 17.6 Å². The van der Waals surface area contributed by atoms with Crippen molar-refractivity contribution in [3.8, 4) is 0 Å². The van der Waals surface area contributed by atoms with E-state index in [1.54, 1.807) is 18.2 Å². The third kappa shape index (κ3) is 4.97. The third-order valence-electron chi connectivity index (χ3n) is 5.11. The number of hydrogen-bond acceptors (Lipinski definition) is 8. The molecule has 1 aromatic heterocycles. The Labute approximate surface area is 173 Å². The number of hydrogen-bond donors (Lipinski definition) is 1. The number of benzene rings is 1. The summed E-state index contributed by atoms with van der Waals surface area (Å²) in [6.07, 6.45) is 7.60. The van der Waals surface area contributed by atoms with Gasteiger partial charge in [-0.2, -0.15) is 0 Å². The lowest BCUT2D eigenvalue weighted by atomic mass is 9.88. The lowest BCUT2D eigenvalue weighted by Crippen LogP contribution is -2.27. The van der Waals surface area contributed by atoms with E-state index in [0.717, 1.165) is 31.9 Å². The molecule has 0 atom stereocenters. The molecule has 1 fully saturated rings. The average Bonchev–Trinajstić information content (AvgIpc) is 2.79. The van der Waals surface area contributed by atoms with E-state index in [1.165, 1.54) is 27.0 Å². The lowest BCUT2D eigenvalue weighted by Gasteiger charge is -2.20. The summed E-state index contributed by atoms with van der Waals surface area (Å²) in [7, 11) is 2.35. The van der Waals surface area contributed by atoms with Crippen LogP contribution >= 0.6 is 0 Å². The molecule has 1 saturated carbocycles. The first kappa shape index (κ1) is 21.4. The van der Waals surface area contributed by atoms with E-state index >= 15 is 0 Å². The topological polar surface area (TPSA) is 120 Å². The summed E-state index contributed by atoms with van der Waals surface area (Å²) >= 11 is 0. The Morgan fingerprint density at radius 3 is 2.47 bits per heavy atom. The molecule has 9 nitrogen and oxygen atoms in total.